The van der Waals surface area contributed by atoms with E-state index in [0.29, 0.717) is 0 Å². The molecule has 0 amide bonds. The van der Waals surface area contributed by atoms with Gasteiger partial charge in [0.1, 0.15) is 17.5 Å². The summed E-state index contributed by atoms with van der Waals surface area (Å²) >= 11 is 0. The third-order valence-corrected chi connectivity index (χ3v) is 2.42. The molecular weight excluding hydrogens is 228 g/mol. The van der Waals surface area contributed by atoms with E-state index in [2.05, 4.69) is 5.10 Å². The highest BCUT2D eigenvalue weighted by molar-refractivity contribution is 6.11. The number of nitrogens with two attached hydrogens (primary N) is 1. The van der Waals surface area contributed by atoms with Crippen molar-refractivity contribution in [3.05, 3.63) is 47.2 Å². The Morgan fingerprint density at radius 1 is 1.35 bits per heavy atom. The van der Waals surface area contributed by atoms with Crippen molar-refractivity contribution in [1.29, 1.82) is 0 Å². The van der Waals surface area contributed by atoms with Crippen LogP contribution in [0.1, 0.15) is 15.9 Å². The van der Waals surface area contributed by atoms with E-state index in [9.17, 15) is 13.6 Å². The second kappa shape index (κ2) is 3.97. The van der Waals surface area contributed by atoms with Gasteiger partial charge in [-0.25, -0.2) is 8.78 Å². The lowest BCUT2D eigenvalue weighted by Gasteiger charge is -2.03. The predicted molar refractivity (Wildman–Crippen MR) is 57.4 cm³/mol. The number of benzene rings is 1. The van der Waals surface area contributed by atoms with Crippen molar-refractivity contribution in [3.8, 4) is 0 Å². The monoisotopic (exact) mass is 237 g/mol. The number of ketones is 1. The molecule has 1 aromatic carbocycles. The summed E-state index contributed by atoms with van der Waals surface area (Å²) in [6.07, 6.45) is 1.18. The molecule has 0 aliphatic rings. The van der Waals surface area contributed by atoms with Crippen molar-refractivity contribution in [2.24, 2.45) is 7.05 Å². The fraction of sp³-hybridized carbons (Fsp3) is 0.0909. The van der Waals surface area contributed by atoms with Crippen molar-refractivity contribution < 1.29 is 13.6 Å². The van der Waals surface area contributed by atoms with Gasteiger partial charge in [-0.3, -0.25) is 9.48 Å². The lowest BCUT2D eigenvalue weighted by Crippen LogP contribution is -2.09. The summed E-state index contributed by atoms with van der Waals surface area (Å²) in [5.74, 6) is -2.58. The molecule has 0 bridgehead atoms. The van der Waals surface area contributed by atoms with Crippen molar-refractivity contribution >= 4 is 11.6 Å². The van der Waals surface area contributed by atoms with Crippen LogP contribution in [-0.4, -0.2) is 15.6 Å². The summed E-state index contributed by atoms with van der Waals surface area (Å²) in [6, 6.07) is 3.22. The highest BCUT2D eigenvalue weighted by Gasteiger charge is 2.22. The van der Waals surface area contributed by atoms with Gasteiger partial charge in [-0.1, -0.05) is 6.07 Å². The predicted octanol–water partition coefficient (Wildman–Crippen LogP) is 1.51. The van der Waals surface area contributed by atoms with Crippen LogP contribution < -0.4 is 5.73 Å². The van der Waals surface area contributed by atoms with Gasteiger partial charge in [0, 0.05) is 7.05 Å². The maximum absolute atomic E-state index is 13.4. The maximum atomic E-state index is 13.4. The van der Waals surface area contributed by atoms with Crippen LogP contribution in [0, 0.1) is 11.6 Å². The van der Waals surface area contributed by atoms with Gasteiger partial charge in [0.25, 0.3) is 0 Å². The first-order valence-corrected chi connectivity index (χ1v) is 4.78. The highest BCUT2D eigenvalue weighted by Crippen LogP contribution is 2.20. The number of carbonyl (C=O) groups is 1. The Kier molecular flexibility index (Phi) is 2.63. The number of carbonyl (C=O) groups excluding carboxylic acids is 1. The minimum atomic E-state index is -0.918. The van der Waals surface area contributed by atoms with Crippen molar-refractivity contribution in [2.45, 2.75) is 0 Å². The zero-order valence-electron chi connectivity index (χ0n) is 8.95. The number of hydrogen-bond donors (Lipinski definition) is 1. The Morgan fingerprint density at radius 2 is 1.94 bits per heavy atom. The molecule has 4 nitrogen and oxygen atoms in total. The molecule has 2 N–H and O–H groups in total. The third-order valence-electron chi connectivity index (χ3n) is 2.42. The minimum absolute atomic E-state index is 0.0171. The molecule has 0 aliphatic heterocycles. The molecular formula is C11H9F2N3O. The standard InChI is InChI=1S/C11H9F2N3O/c1-16-11(14)6(5-15-16)10(17)9-7(12)3-2-4-8(9)13/h2-5H,14H2,1H3. The summed E-state index contributed by atoms with van der Waals surface area (Å²) in [7, 11) is 1.53. The first-order chi connectivity index (χ1) is 8.02. The maximum Gasteiger partial charge on any atom is 0.204 e. The fourth-order valence-electron chi connectivity index (χ4n) is 1.47. The first-order valence-electron chi connectivity index (χ1n) is 4.78. The summed E-state index contributed by atoms with van der Waals surface area (Å²) in [6.45, 7) is 0. The van der Waals surface area contributed by atoms with Gasteiger partial charge in [-0.2, -0.15) is 5.10 Å². The van der Waals surface area contributed by atoms with Crippen LogP contribution in [0.15, 0.2) is 24.4 Å². The number of aryl methyl sites for hydroxylation is 1. The fourth-order valence-corrected chi connectivity index (χ4v) is 1.47. The summed E-state index contributed by atoms with van der Waals surface area (Å²) in [4.78, 5) is 11.9. The average Bonchev–Trinajstić information content (AvgIpc) is 2.59. The molecule has 0 fully saturated rings. The second-order valence-electron chi connectivity index (χ2n) is 3.49. The number of hydrogen-bond acceptors (Lipinski definition) is 3. The molecule has 1 aromatic heterocycles. The van der Waals surface area contributed by atoms with Gasteiger partial charge in [0.2, 0.25) is 5.78 Å². The van der Waals surface area contributed by atoms with E-state index in [-0.39, 0.29) is 11.4 Å². The number of nitrogens with zero attached hydrogens (tertiary/aromatic N) is 2. The van der Waals surface area contributed by atoms with E-state index in [1.807, 2.05) is 0 Å². The van der Waals surface area contributed by atoms with Crippen LogP contribution in [0.25, 0.3) is 0 Å². The van der Waals surface area contributed by atoms with Gasteiger partial charge >= 0.3 is 0 Å². The molecule has 0 spiro atoms. The van der Waals surface area contributed by atoms with Crippen molar-refractivity contribution in [1.82, 2.24) is 9.78 Å². The Bertz CT molecular complexity index is 572. The normalized spacial score (nSPS) is 10.5. The lowest BCUT2D eigenvalue weighted by atomic mass is 10.0. The molecule has 2 rings (SSSR count). The number of halogens is 2. The molecule has 0 unspecified atom stereocenters. The molecule has 0 saturated carbocycles. The highest BCUT2D eigenvalue weighted by atomic mass is 19.1. The van der Waals surface area contributed by atoms with E-state index in [4.69, 9.17) is 5.73 Å². The van der Waals surface area contributed by atoms with E-state index < -0.39 is 23.0 Å². The molecule has 1 heterocycles. The van der Waals surface area contributed by atoms with Gasteiger partial charge in [0.05, 0.1) is 17.3 Å². The second-order valence-corrected chi connectivity index (χ2v) is 3.49. The van der Waals surface area contributed by atoms with Crippen LogP contribution in [-0.2, 0) is 7.05 Å². The topological polar surface area (TPSA) is 60.9 Å². The van der Waals surface area contributed by atoms with Crippen molar-refractivity contribution in [3.63, 3.8) is 0 Å². The molecule has 6 heteroatoms. The number of aromatic nitrogens is 2. The lowest BCUT2D eigenvalue weighted by molar-refractivity contribution is 0.103. The van der Waals surface area contributed by atoms with Gasteiger partial charge in [-0.05, 0) is 12.1 Å². The largest absolute Gasteiger partial charge is 0.383 e. The number of anilines is 1. The van der Waals surface area contributed by atoms with E-state index in [0.717, 1.165) is 12.1 Å². The van der Waals surface area contributed by atoms with Crippen LogP contribution in [0.3, 0.4) is 0 Å². The minimum Gasteiger partial charge on any atom is -0.383 e. The van der Waals surface area contributed by atoms with Gasteiger partial charge < -0.3 is 5.73 Å². The van der Waals surface area contributed by atoms with E-state index in [1.54, 1.807) is 0 Å². The zero-order valence-corrected chi connectivity index (χ0v) is 8.95. The molecule has 17 heavy (non-hydrogen) atoms. The van der Waals surface area contributed by atoms with Crippen LogP contribution in [0.4, 0.5) is 14.6 Å². The third kappa shape index (κ3) is 1.77. The Hall–Kier alpha value is -2.24. The van der Waals surface area contributed by atoms with Crippen LogP contribution >= 0.6 is 0 Å². The van der Waals surface area contributed by atoms with E-state index in [1.165, 1.54) is 24.0 Å². The van der Waals surface area contributed by atoms with Crippen LogP contribution in [0.2, 0.25) is 0 Å². The molecule has 2 aromatic rings. The summed E-state index contributed by atoms with van der Waals surface area (Å²) in [5.41, 5.74) is 4.94. The summed E-state index contributed by atoms with van der Waals surface area (Å²) in [5, 5.41) is 3.75. The number of rotatable bonds is 2. The Morgan fingerprint density at radius 3 is 2.41 bits per heavy atom. The Labute approximate surface area is 95.7 Å². The van der Waals surface area contributed by atoms with Gasteiger partial charge in [-0.15, -0.1) is 0 Å². The number of nitrogen functional groups attached to an aromatic ring is 1. The molecule has 0 saturated heterocycles. The smallest absolute Gasteiger partial charge is 0.204 e. The van der Waals surface area contributed by atoms with E-state index >= 15 is 0 Å². The quantitative estimate of drug-likeness (QED) is 0.805. The zero-order chi connectivity index (χ0) is 12.6. The average molecular weight is 237 g/mol. The molecule has 0 atom stereocenters. The van der Waals surface area contributed by atoms with Gasteiger partial charge in [0.15, 0.2) is 0 Å². The summed E-state index contributed by atoms with van der Waals surface area (Å²) < 4.78 is 28.0. The molecule has 0 aliphatic carbocycles. The van der Waals surface area contributed by atoms with Crippen LogP contribution in [0.5, 0.6) is 0 Å². The molecule has 88 valence electrons. The molecule has 0 radical (unpaired) electrons. The first kappa shape index (κ1) is 11.3. The SMILES string of the molecule is Cn1ncc(C(=O)c2c(F)cccc2F)c1N. The Balaban J connectivity index is 2.55. The van der Waals surface area contributed by atoms with Crippen molar-refractivity contribution in [2.75, 3.05) is 5.73 Å².